The van der Waals surface area contributed by atoms with Crippen LogP contribution >= 0.6 is 0 Å². The standard InChI is InChI=1S/C20H27F3N2O2/c1-12-9-16(12)14-4-2-3-13(10-14)7-8-27-18-6-5-15(19(24)25-26)11-17(18)20(21,22)23/h5-6,11-14,16,26H,2-4,7-10H2,1H3,(H2,24,25)/t12?,13?,14?,16-/m0/s1. The highest BCUT2D eigenvalue weighted by molar-refractivity contribution is 5.97. The van der Waals surface area contributed by atoms with E-state index in [0.717, 1.165) is 36.7 Å². The van der Waals surface area contributed by atoms with Crippen molar-refractivity contribution in [2.24, 2.45) is 34.6 Å². The van der Waals surface area contributed by atoms with Gasteiger partial charge in [-0.3, -0.25) is 0 Å². The molecule has 0 radical (unpaired) electrons. The Labute approximate surface area is 157 Å². The average molecular weight is 384 g/mol. The Morgan fingerprint density at radius 1 is 1.30 bits per heavy atom. The molecule has 150 valence electrons. The third kappa shape index (κ3) is 4.87. The molecule has 1 aromatic rings. The highest BCUT2D eigenvalue weighted by Gasteiger charge is 2.41. The predicted octanol–water partition coefficient (Wildman–Crippen LogP) is 5.03. The van der Waals surface area contributed by atoms with Crippen LogP contribution in [0.4, 0.5) is 13.2 Å². The van der Waals surface area contributed by atoms with E-state index in [0.29, 0.717) is 5.92 Å². The van der Waals surface area contributed by atoms with Gasteiger partial charge in [0.25, 0.3) is 0 Å². The van der Waals surface area contributed by atoms with E-state index < -0.39 is 11.7 Å². The first-order chi connectivity index (χ1) is 12.8. The van der Waals surface area contributed by atoms with Gasteiger partial charge in [0.05, 0.1) is 12.2 Å². The number of oxime groups is 1. The molecule has 2 fully saturated rings. The number of benzene rings is 1. The highest BCUT2D eigenvalue weighted by atomic mass is 19.4. The fraction of sp³-hybridized carbons (Fsp3) is 0.650. The number of nitrogens with two attached hydrogens (primary N) is 1. The molecule has 27 heavy (non-hydrogen) atoms. The molecule has 0 aliphatic heterocycles. The molecule has 7 heteroatoms. The molecule has 2 saturated carbocycles. The lowest BCUT2D eigenvalue weighted by molar-refractivity contribution is -0.139. The largest absolute Gasteiger partial charge is 0.493 e. The van der Waals surface area contributed by atoms with Gasteiger partial charge in [0.2, 0.25) is 0 Å². The van der Waals surface area contributed by atoms with Crippen LogP contribution in [0, 0.1) is 23.7 Å². The topological polar surface area (TPSA) is 67.8 Å². The molecule has 0 saturated heterocycles. The van der Waals surface area contributed by atoms with Crippen molar-refractivity contribution >= 4 is 5.84 Å². The van der Waals surface area contributed by atoms with Gasteiger partial charge in [-0.1, -0.05) is 31.3 Å². The van der Waals surface area contributed by atoms with Crippen molar-refractivity contribution in [3.8, 4) is 5.75 Å². The first kappa shape index (κ1) is 19.8. The van der Waals surface area contributed by atoms with Gasteiger partial charge in [-0.2, -0.15) is 13.2 Å². The Bertz CT molecular complexity index is 690. The van der Waals surface area contributed by atoms with E-state index >= 15 is 0 Å². The molecule has 1 aromatic carbocycles. The summed E-state index contributed by atoms with van der Waals surface area (Å²) in [7, 11) is 0. The van der Waals surface area contributed by atoms with E-state index in [2.05, 4.69) is 12.1 Å². The van der Waals surface area contributed by atoms with Crippen molar-refractivity contribution in [1.29, 1.82) is 0 Å². The van der Waals surface area contributed by atoms with Crippen LogP contribution in [0.2, 0.25) is 0 Å². The zero-order chi connectivity index (χ0) is 19.6. The average Bonchev–Trinajstić information content (AvgIpc) is 3.37. The van der Waals surface area contributed by atoms with Crippen LogP contribution in [0.1, 0.15) is 56.6 Å². The fourth-order valence-electron chi connectivity index (χ4n) is 4.42. The molecular formula is C20H27F3N2O2. The molecule has 3 rings (SSSR count). The van der Waals surface area contributed by atoms with E-state index in [1.807, 2.05) is 0 Å². The smallest absolute Gasteiger partial charge is 0.419 e. The van der Waals surface area contributed by atoms with E-state index in [4.69, 9.17) is 15.7 Å². The van der Waals surface area contributed by atoms with Crippen LogP contribution in [0.15, 0.2) is 23.4 Å². The summed E-state index contributed by atoms with van der Waals surface area (Å²) >= 11 is 0. The summed E-state index contributed by atoms with van der Waals surface area (Å²) in [6.07, 6.45) is 2.34. The van der Waals surface area contributed by atoms with Crippen molar-refractivity contribution in [1.82, 2.24) is 0 Å². The van der Waals surface area contributed by atoms with Crippen LogP contribution in [0.5, 0.6) is 5.75 Å². The van der Waals surface area contributed by atoms with Crippen molar-refractivity contribution in [2.75, 3.05) is 6.61 Å². The molecular weight excluding hydrogens is 357 g/mol. The van der Waals surface area contributed by atoms with E-state index in [1.54, 1.807) is 0 Å². The molecule has 4 nitrogen and oxygen atoms in total. The Morgan fingerprint density at radius 2 is 2.04 bits per heavy atom. The molecule has 2 aliphatic carbocycles. The number of rotatable bonds is 6. The van der Waals surface area contributed by atoms with Gasteiger partial charge < -0.3 is 15.7 Å². The molecule has 0 heterocycles. The van der Waals surface area contributed by atoms with E-state index in [1.165, 1.54) is 37.8 Å². The normalized spacial score (nSPS) is 28.8. The minimum atomic E-state index is -4.57. The maximum Gasteiger partial charge on any atom is 0.419 e. The Hall–Kier alpha value is -1.92. The molecule has 0 aromatic heterocycles. The maximum atomic E-state index is 13.3. The predicted molar refractivity (Wildman–Crippen MR) is 96.8 cm³/mol. The number of alkyl halides is 3. The lowest BCUT2D eigenvalue weighted by atomic mass is 9.77. The molecule has 4 atom stereocenters. The zero-order valence-corrected chi connectivity index (χ0v) is 15.5. The third-order valence-corrected chi connectivity index (χ3v) is 6.07. The molecule has 0 amide bonds. The van der Waals surface area contributed by atoms with Crippen molar-refractivity contribution in [3.05, 3.63) is 29.3 Å². The summed E-state index contributed by atoms with van der Waals surface area (Å²) in [6.45, 7) is 2.57. The number of ether oxygens (including phenoxy) is 1. The number of nitrogens with zero attached hydrogens (tertiary/aromatic N) is 1. The van der Waals surface area contributed by atoms with Crippen molar-refractivity contribution < 1.29 is 23.1 Å². The highest BCUT2D eigenvalue weighted by Crippen LogP contribution is 2.50. The number of hydrogen-bond donors (Lipinski definition) is 2. The Balaban J connectivity index is 1.60. The quantitative estimate of drug-likeness (QED) is 0.313. The summed E-state index contributed by atoms with van der Waals surface area (Å²) in [5.74, 6) is 2.44. The van der Waals surface area contributed by atoms with Crippen LogP contribution < -0.4 is 10.5 Å². The maximum absolute atomic E-state index is 13.3. The van der Waals surface area contributed by atoms with Crippen LogP contribution in [-0.4, -0.2) is 17.6 Å². The van der Waals surface area contributed by atoms with Crippen molar-refractivity contribution in [3.63, 3.8) is 0 Å². The summed E-state index contributed by atoms with van der Waals surface area (Å²) < 4.78 is 45.5. The minimum absolute atomic E-state index is 0.00542. The SMILES string of the molecule is CC1C[C@@H]1C1CCCC(CCOc2ccc(/C(N)=N\O)cc2C(F)(F)F)C1. The van der Waals surface area contributed by atoms with Crippen molar-refractivity contribution in [2.45, 2.75) is 51.6 Å². The first-order valence-corrected chi connectivity index (χ1v) is 9.61. The lowest BCUT2D eigenvalue weighted by Crippen LogP contribution is -2.20. The Kier molecular flexibility index (Phi) is 5.86. The summed E-state index contributed by atoms with van der Waals surface area (Å²) in [5, 5.41) is 11.4. The Morgan fingerprint density at radius 3 is 2.67 bits per heavy atom. The number of hydrogen-bond acceptors (Lipinski definition) is 3. The van der Waals surface area contributed by atoms with Gasteiger partial charge in [0.15, 0.2) is 5.84 Å². The monoisotopic (exact) mass is 384 g/mol. The zero-order valence-electron chi connectivity index (χ0n) is 15.5. The molecule has 0 bridgehead atoms. The van der Waals surface area contributed by atoms with Gasteiger partial charge in [-0.05, 0) is 61.1 Å². The summed E-state index contributed by atoms with van der Waals surface area (Å²) in [5.41, 5.74) is 4.50. The third-order valence-electron chi connectivity index (χ3n) is 6.07. The minimum Gasteiger partial charge on any atom is -0.493 e. The lowest BCUT2D eigenvalue weighted by Gasteiger charge is -2.29. The summed E-state index contributed by atoms with van der Waals surface area (Å²) in [4.78, 5) is 0. The summed E-state index contributed by atoms with van der Waals surface area (Å²) in [6, 6.07) is 3.46. The second-order valence-electron chi connectivity index (χ2n) is 8.00. The first-order valence-electron chi connectivity index (χ1n) is 9.61. The number of halogens is 3. The number of amidine groups is 1. The van der Waals surface area contributed by atoms with Crippen LogP contribution in [-0.2, 0) is 6.18 Å². The van der Waals surface area contributed by atoms with E-state index in [-0.39, 0.29) is 23.8 Å². The van der Waals surface area contributed by atoms with Gasteiger partial charge >= 0.3 is 6.18 Å². The fourth-order valence-corrected chi connectivity index (χ4v) is 4.42. The van der Waals surface area contributed by atoms with Gasteiger partial charge in [-0.15, -0.1) is 0 Å². The molecule has 3 unspecified atom stereocenters. The van der Waals surface area contributed by atoms with Gasteiger partial charge in [0, 0.05) is 5.56 Å². The second-order valence-corrected chi connectivity index (χ2v) is 8.00. The van der Waals surface area contributed by atoms with Gasteiger partial charge in [0.1, 0.15) is 5.75 Å². The van der Waals surface area contributed by atoms with E-state index in [9.17, 15) is 13.2 Å². The van der Waals surface area contributed by atoms with Crippen LogP contribution in [0.3, 0.4) is 0 Å². The molecule has 3 N–H and O–H groups in total. The second kappa shape index (κ2) is 7.98. The molecule has 0 spiro atoms. The molecule has 2 aliphatic rings. The van der Waals surface area contributed by atoms with Crippen LogP contribution in [0.25, 0.3) is 0 Å². The van der Waals surface area contributed by atoms with Gasteiger partial charge in [-0.25, -0.2) is 0 Å².